The molecule has 1 unspecified atom stereocenters. The van der Waals surface area contributed by atoms with Gasteiger partial charge in [-0.3, -0.25) is 14.1 Å². The minimum Gasteiger partial charge on any atom is -0.444 e. The number of nitrogens with zero attached hydrogens (tertiary/aromatic N) is 6. The Morgan fingerprint density at radius 1 is 1.17 bits per heavy atom. The Hall–Kier alpha value is -3.75. The molecular formula is C26H25BrF4N6O4. The molecule has 1 aliphatic heterocycles. The molecule has 0 N–H and O–H groups in total. The number of imidazole rings is 1. The van der Waals surface area contributed by atoms with Gasteiger partial charge in [-0.1, -0.05) is 0 Å². The van der Waals surface area contributed by atoms with E-state index in [0.29, 0.717) is 36.1 Å². The van der Waals surface area contributed by atoms with Gasteiger partial charge in [-0.15, -0.1) is 10.2 Å². The van der Waals surface area contributed by atoms with Crippen LogP contribution in [0.2, 0.25) is 0 Å². The predicted molar refractivity (Wildman–Crippen MR) is 142 cm³/mol. The first kappa shape index (κ1) is 28.8. The number of likely N-dealkylation sites (tertiary alicyclic amines) is 1. The monoisotopic (exact) mass is 640 g/mol. The number of amides is 1. The van der Waals surface area contributed by atoms with Crippen molar-refractivity contribution in [2.45, 2.75) is 58.0 Å². The van der Waals surface area contributed by atoms with Gasteiger partial charge in [-0.25, -0.2) is 14.0 Å². The van der Waals surface area contributed by atoms with Crippen LogP contribution in [0.5, 0.6) is 0 Å². The van der Waals surface area contributed by atoms with Crippen LogP contribution in [0.15, 0.2) is 44.1 Å². The molecular weight excluding hydrogens is 616 g/mol. The Morgan fingerprint density at radius 2 is 1.93 bits per heavy atom. The lowest BCUT2D eigenvalue weighted by atomic mass is 10.1. The average molecular weight is 641 g/mol. The third kappa shape index (κ3) is 5.99. The first-order chi connectivity index (χ1) is 19.2. The molecule has 3 aromatic heterocycles. The van der Waals surface area contributed by atoms with E-state index in [-0.39, 0.29) is 35.1 Å². The molecule has 1 amide bonds. The van der Waals surface area contributed by atoms with Gasteiger partial charge in [0, 0.05) is 25.4 Å². The van der Waals surface area contributed by atoms with Crippen LogP contribution in [-0.2, 0) is 17.5 Å². The van der Waals surface area contributed by atoms with E-state index in [1.54, 1.807) is 30.2 Å². The van der Waals surface area contributed by atoms with Crippen molar-refractivity contribution in [2.24, 2.45) is 0 Å². The van der Waals surface area contributed by atoms with Crippen molar-refractivity contribution in [2.75, 3.05) is 13.1 Å². The second kappa shape index (κ2) is 10.6. The quantitative estimate of drug-likeness (QED) is 0.260. The number of carbonyl (C=O) groups excluding carboxylic acids is 1. The van der Waals surface area contributed by atoms with E-state index in [2.05, 4.69) is 35.5 Å². The van der Waals surface area contributed by atoms with Crippen molar-refractivity contribution in [3.63, 3.8) is 0 Å². The molecule has 4 heterocycles. The van der Waals surface area contributed by atoms with E-state index in [0.717, 1.165) is 0 Å². The number of pyridine rings is 1. The minimum absolute atomic E-state index is 0.0518. The number of fused-ring (bicyclic) bond motifs is 1. The number of alkyl halides is 3. The van der Waals surface area contributed by atoms with Gasteiger partial charge >= 0.3 is 23.9 Å². The lowest BCUT2D eigenvalue weighted by Gasteiger charge is -2.34. The number of rotatable bonds is 4. The fourth-order valence-electron chi connectivity index (χ4n) is 4.70. The predicted octanol–water partition coefficient (Wildman–Crippen LogP) is 5.79. The van der Waals surface area contributed by atoms with Crippen LogP contribution in [-0.4, -0.2) is 54.0 Å². The highest BCUT2D eigenvalue weighted by molar-refractivity contribution is 9.10. The van der Waals surface area contributed by atoms with Crippen molar-refractivity contribution in [3.05, 3.63) is 62.8 Å². The second-order valence-corrected chi connectivity index (χ2v) is 11.5. The standard InChI is InChI=1S/C26H25BrF4N6O4/c1-25(2,3)41-24(39)35-8-4-5-16(13-35)37-20-9-17(27)18(28)10-19(20)36(23(37)38)12-15-7-6-14(11-32-15)21-33-34-22(40-21)26(29,30)31/h6-7,9-11,16H,4-5,8,12-13H2,1-3H3. The Morgan fingerprint density at radius 3 is 2.56 bits per heavy atom. The maximum absolute atomic E-state index is 14.6. The molecule has 0 spiro atoms. The normalized spacial score (nSPS) is 16.4. The number of carbonyl (C=O) groups is 1. The van der Waals surface area contributed by atoms with Gasteiger partial charge < -0.3 is 14.1 Å². The number of benzene rings is 1. The number of aromatic nitrogens is 5. The SMILES string of the molecule is CC(C)(C)OC(=O)N1CCCC(n2c(=O)n(Cc3ccc(-c4nnc(C(F)(F)F)o4)cn3)c3cc(F)c(Br)cc32)C1. The molecule has 218 valence electrons. The summed E-state index contributed by atoms with van der Waals surface area (Å²) in [6.45, 7) is 6.00. The van der Waals surface area contributed by atoms with E-state index >= 15 is 0 Å². The molecule has 1 fully saturated rings. The lowest BCUT2D eigenvalue weighted by molar-refractivity contribution is -0.156. The number of hydrogen-bond acceptors (Lipinski definition) is 7. The number of piperidine rings is 1. The van der Waals surface area contributed by atoms with Crippen molar-refractivity contribution in [1.29, 1.82) is 0 Å². The molecule has 41 heavy (non-hydrogen) atoms. The summed E-state index contributed by atoms with van der Waals surface area (Å²) in [5.41, 5.74) is 0.237. The molecule has 4 aromatic rings. The Balaban J connectivity index is 1.47. The maximum atomic E-state index is 14.6. The molecule has 1 aromatic carbocycles. The molecule has 10 nitrogen and oxygen atoms in total. The van der Waals surface area contributed by atoms with E-state index < -0.39 is 35.3 Å². The molecule has 1 atom stereocenters. The highest BCUT2D eigenvalue weighted by Crippen LogP contribution is 2.31. The Bertz CT molecular complexity index is 1660. The van der Waals surface area contributed by atoms with E-state index in [1.165, 1.54) is 35.0 Å². The van der Waals surface area contributed by atoms with Crippen molar-refractivity contribution in [3.8, 4) is 11.5 Å². The van der Waals surface area contributed by atoms with Gasteiger partial charge in [-0.2, -0.15) is 13.2 Å². The number of halogens is 5. The molecule has 0 saturated carbocycles. The van der Waals surface area contributed by atoms with Crippen molar-refractivity contribution >= 4 is 33.1 Å². The third-order valence-electron chi connectivity index (χ3n) is 6.48. The second-order valence-electron chi connectivity index (χ2n) is 10.7. The molecule has 15 heteroatoms. The molecule has 0 aliphatic carbocycles. The summed E-state index contributed by atoms with van der Waals surface area (Å²) in [4.78, 5) is 32.3. The fourth-order valence-corrected chi connectivity index (χ4v) is 5.03. The summed E-state index contributed by atoms with van der Waals surface area (Å²) in [5.74, 6) is -2.40. The van der Waals surface area contributed by atoms with Crippen LogP contribution in [0, 0.1) is 5.82 Å². The molecule has 1 aliphatic rings. The summed E-state index contributed by atoms with van der Waals surface area (Å²) >= 11 is 3.20. The summed E-state index contributed by atoms with van der Waals surface area (Å²) in [6, 6.07) is 5.33. The first-order valence-electron chi connectivity index (χ1n) is 12.6. The number of ether oxygens (including phenoxy) is 1. The van der Waals surface area contributed by atoms with Gasteiger partial charge in [0.05, 0.1) is 39.4 Å². The fraction of sp³-hybridized carbons (Fsp3) is 0.423. The summed E-state index contributed by atoms with van der Waals surface area (Å²) in [5, 5.41) is 6.42. The Labute approximate surface area is 239 Å². The molecule has 0 radical (unpaired) electrons. The van der Waals surface area contributed by atoms with E-state index in [4.69, 9.17) is 4.74 Å². The van der Waals surface area contributed by atoms with Crippen molar-refractivity contribution < 1.29 is 31.5 Å². The van der Waals surface area contributed by atoms with Gasteiger partial charge in [0.2, 0.25) is 5.89 Å². The first-order valence-corrected chi connectivity index (χ1v) is 13.4. The smallest absolute Gasteiger partial charge is 0.444 e. The Kier molecular flexibility index (Phi) is 7.42. The van der Waals surface area contributed by atoms with Gasteiger partial charge in [0.1, 0.15) is 11.4 Å². The van der Waals surface area contributed by atoms with E-state index in [9.17, 15) is 27.2 Å². The zero-order valence-electron chi connectivity index (χ0n) is 22.2. The van der Waals surface area contributed by atoms with Crippen LogP contribution >= 0.6 is 15.9 Å². The summed E-state index contributed by atoms with van der Waals surface area (Å²) < 4.78 is 66.4. The summed E-state index contributed by atoms with van der Waals surface area (Å²) in [6.07, 6.45) is -2.74. The van der Waals surface area contributed by atoms with Crippen LogP contribution in [0.25, 0.3) is 22.5 Å². The minimum atomic E-state index is -4.78. The highest BCUT2D eigenvalue weighted by Gasteiger charge is 2.38. The van der Waals surface area contributed by atoms with Crippen LogP contribution in [0.1, 0.15) is 51.2 Å². The van der Waals surface area contributed by atoms with E-state index in [1.807, 2.05) is 0 Å². The lowest BCUT2D eigenvalue weighted by Crippen LogP contribution is -2.45. The van der Waals surface area contributed by atoms with Gasteiger partial charge in [-0.05, 0) is 67.7 Å². The van der Waals surface area contributed by atoms with Crippen LogP contribution < -0.4 is 5.69 Å². The summed E-state index contributed by atoms with van der Waals surface area (Å²) in [7, 11) is 0. The molecule has 0 bridgehead atoms. The van der Waals surface area contributed by atoms with Crippen LogP contribution in [0.3, 0.4) is 0 Å². The van der Waals surface area contributed by atoms with Crippen LogP contribution in [0.4, 0.5) is 22.4 Å². The largest absolute Gasteiger partial charge is 0.470 e. The number of hydrogen-bond donors (Lipinski definition) is 0. The van der Waals surface area contributed by atoms with Gasteiger partial charge in [0.25, 0.3) is 0 Å². The molecule has 1 saturated heterocycles. The maximum Gasteiger partial charge on any atom is 0.470 e. The topological polar surface area (TPSA) is 108 Å². The third-order valence-corrected chi connectivity index (χ3v) is 7.09. The molecule has 5 rings (SSSR count). The highest BCUT2D eigenvalue weighted by atomic mass is 79.9. The zero-order chi connectivity index (χ0) is 29.7. The average Bonchev–Trinajstić information content (AvgIpc) is 3.48. The van der Waals surface area contributed by atoms with Crippen molar-refractivity contribution in [1.82, 2.24) is 29.2 Å². The van der Waals surface area contributed by atoms with Gasteiger partial charge in [0.15, 0.2) is 0 Å². The zero-order valence-corrected chi connectivity index (χ0v) is 23.8.